The molecule has 1 atom stereocenters. The summed E-state index contributed by atoms with van der Waals surface area (Å²) in [7, 11) is -3.88. The lowest BCUT2D eigenvalue weighted by atomic mass is 9.94. The van der Waals surface area contributed by atoms with Crippen LogP contribution in [0.4, 0.5) is 0 Å². The lowest BCUT2D eigenvalue weighted by Gasteiger charge is -2.36. The molecule has 2 fully saturated rings. The maximum atomic E-state index is 13.4. The zero-order valence-electron chi connectivity index (χ0n) is 20.8. The number of benzene rings is 2. The van der Waals surface area contributed by atoms with Crippen molar-refractivity contribution < 1.29 is 18.0 Å². The summed E-state index contributed by atoms with van der Waals surface area (Å²) >= 11 is 0. The molecule has 1 unspecified atom stereocenters. The fourth-order valence-corrected chi connectivity index (χ4v) is 6.51. The van der Waals surface area contributed by atoms with Crippen molar-refractivity contribution in [2.75, 3.05) is 26.2 Å². The molecular formula is C27H37N3O4S. The van der Waals surface area contributed by atoms with Crippen LogP contribution in [0.1, 0.15) is 52.4 Å². The molecule has 2 aromatic carbocycles. The fourth-order valence-electron chi connectivity index (χ4n) is 5.13. The molecule has 2 amide bonds. The first kappa shape index (κ1) is 25.6. The first-order chi connectivity index (χ1) is 16.8. The van der Waals surface area contributed by atoms with E-state index in [1.54, 1.807) is 23.1 Å². The summed E-state index contributed by atoms with van der Waals surface area (Å²) in [6.07, 6.45) is 5.75. The molecule has 0 saturated carbocycles. The van der Waals surface area contributed by atoms with Gasteiger partial charge >= 0.3 is 0 Å². The van der Waals surface area contributed by atoms with Gasteiger partial charge in [-0.25, -0.2) is 8.42 Å². The molecule has 2 aromatic rings. The van der Waals surface area contributed by atoms with Gasteiger partial charge in [-0.15, -0.1) is 0 Å². The average Bonchev–Trinajstić information content (AvgIpc) is 3.16. The Balaban J connectivity index is 1.40. The van der Waals surface area contributed by atoms with Crippen LogP contribution in [0.3, 0.4) is 0 Å². The summed E-state index contributed by atoms with van der Waals surface area (Å²) < 4.78 is 29.1. The average molecular weight is 500 g/mol. The van der Waals surface area contributed by atoms with E-state index in [0.29, 0.717) is 25.9 Å². The van der Waals surface area contributed by atoms with E-state index in [0.717, 1.165) is 36.7 Å². The summed E-state index contributed by atoms with van der Waals surface area (Å²) in [6, 6.07) is 11.7. The normalized spacial score (nSPS) is 19.1. The third kappa shape index (κ3) is 6.04. The standard InChI is InChI=1S/C27H37N3O4S/c1-20(2)25(28-35(33,34)24-12-11-21-9-5-6-10-23(21)19-24)27(32)30-17-13-22(14-18-30)26(31)29-15-7-3-4-8-16-29/h5-6,9-12,19-20,22,25,28H,3-4,7-8,13-18H2,1-2H3. The number of fused-ring (bicyclic) bond motifs is 1. The lowest BCUT2D eigenvalue weighted by molar-refractivity contribution is -0.141. The molecular weight excluding hydrogens is 462 g/mol. The van der Waals surface area contributed by atoms with Gasteiger partial charge in [0.1, 0.15) is 6.04 Å². The number of carbonyl (C=O) groups is 2. The van der Waals surface area contributed by atoms with Crippen LogP contribution in [0.5, 0.6) is 0 Å². The molecule has 0 spiro atoms. The van der Waals surface area contributed by atoms with Gasteiger partial charge in [0.25, 0.3) is 0 Å². The number of amides is 2. The van der Waals surface area contributed by atoms with Crippen molar-refractivity contribution in [3.8, 4) is 0 Å². The third-order valence-corrected chi connectivity index (χ3v) is 8.76. The molecule has 35 heavy (non-hydrogen) atoms. The van der Waals surface area contributed by atoms with Gasteiger partial charge in [0.05, 0.1) is 4.90 Å². The number of likely N-dealkylation sites (tertiary alicyclic amines) is 2. The van der Waals surface area contributed by atoms with Gasteiger partial charge in [-0.1, -0.05) is 57.0 Å². The van der Waals surface area contributed by atoms with Gasteiger partial charge in [0.15, 0.2) is 0 Å². The Morgan fingerprint density at radius 2 is 1.49 bits per heavy atom. The van der Waals surface area contributed by atoms with Gasteiger partial charge in [-0.05, 0) is 54.5 Å². The monoisotopic (exact) mass is 499 g/mol. The van der Waals surface area contributed by atoms with E-state index in [2.05, 4.69) is 4.72 Å². The van der Waals surface area contributed by atoms with Crippen LogP contribution in [0.25, 0.3) is 10.8 Å². The van der Waals surface area contributed by atoms with Crippen LogP contribution in [0, 0.1) is 11.8 Å². The molecule has 1 N–H and O–H groups in total. The summed E-state index contributed by atoms with van der Waals surface area (Å²) in [5, 5.41) is 1.79. The number of sulfonamides is 1. The number of nitrogens with one attached hydrogen (secondary N) is 1. The molecule has 2 aliphatic heterocycles. The molecule has 0 aliphatic carbocycles. The number of piperidine rings is 1. The molecule has 2 aliphatic rings. The topological polar surface area (TPSA) is 86.8 Å². The number of nitrogens with zero attached hydrogens (tertiary/aromatic N) is 2. The first-order valence-electron chi connectivity index (χ1n) is 12.8. The number of hydrogen-bond acceptors (Lipinski definition) is 4. The van der Waals surface area contributed by atoms with E-state index in [1.807, 2.05) is 43.0 Å². The minimum Gasteiger partial charge on any atom is -0.342 e. The summed E-state index contributed by atoms with van der Waals surface area (Å²) in [5.41, 5.74) is 0. The van der Waals surface area contributed by atoms with Crippen molar-refractivity contribution in [2.45, 2.75) is 63.3 Å². The Kier molecular flexibility index (Phi) is 8.12. The molecule has 7 nitrogen and oxygen atoms in total. The van der Waals surface area contributed by atoms with E-state index in [4.69, 9.17) is 0 Å². The van der Waals surface area contributed by atoms with E-state index >= 15 is 0 Å². The fraction of sp³-hybridized carbons (Fsp3) is 0.556. The largest absolute Gasteiger partial charge is 0.342 e. The highest BCUT2D eigenvalue weighted by Gasteiger charge is 2.35. The maximum absolute atomic E-state index is 13.4. The summed E-state index contributed by atoms with van der Waals surface area (Å²) in [5.74, 6) is -0.264. The van der Waals surface area contributed by atoms with Gasteiger partial charge in [-0.3, -0.25) is 9.59 Å². The van der Waals surface area contributed by atoms with Gasteiger partial charge in [0.2, 0.25) is 21.8 Å². The second-order valence-electron chi connectivity index (χ2n) is 10.2. The Morgan fingerprint density at radius 3 is 2.11 bits per heavy atom. The van der Waals surface area contributed by atoms with Crippen molar-refractivity contribution >= 4 is 32.6 Å². The molecule has 0 radical (unpaired) electrons. The highest BCUT2D eigenvalue weighted by atomic mass is 32.2. The number of carbonyl (C=O) groups excluding carboxylic acids is 2. The highest BCUT2D eigenvalue weighted by Crippen LogP contribution is 2.24. The predicted molar refractivity (Wildman–Crippen MR) is 137 cm³/mol. The van der Waals surface area contributed by atoms with Gasteiger partial charge in [0, 0.05) is 32.1 Å². The quantitative estimate of drug-likeness (QED) is 0.655. The van der Waals surface area contributed by atoms with Crippen LogP contribution < -0.4 is 4.72 Å². The molecule has 0 aromatic heterocycles. The second kappa shape index (κ2) is 11.1. The van der Waals surface area contributed by atoms with Crippen LogP contribution in [-0.4, -0.2) is 62.3 Å². The van der Waals surface area contributed by atoms with Crippen LogP contribution in [0.15, 0.2) is 47.4 Å². The van der Waals surface area contributed by atoms with Crippen molar-refractivity contribution in [3.05, 3.63) is 42.5 Å². The van der Waals surface area contributed by atoms with Crippen molar-refractivity contribution in [1.29, 1.82) is 0 Å². The van der Waals surface area contributed by atoms with E-state index in [9.17, 15) is 18.0 Å². The van der Waals surface area contributed by atoms with E-state index < -0.39 is 16.1 Å². The molecule has 190 valence electrons. The molecule has 8 heteroatoms. The Morgan fingerprint density at radius 1 is 0.857 bits per heavy atom. The van der Waals surface area contributed by atoms with Crippen LogP contribution in [0.2, 0.25) is 0 Å². The molecule has 2 saturated heterocycles. The lowest BCUT2D eigenvalue weighted by Crippen LogP contribution is -2.53. The van der Waals surface area contributed by atoms with Gasteiger partial charge < -0.3 is 9.80 Å². The zero-order valence-corrected chi connectivity index (χ0v) is 21.6. The first-order valence-corrected chi connectivity index (χ1v) is 14.3. The smallest absolute Gasteiger partial charge is 0.241 e. The minimum absolute atomic E-state index is 0.0519. The number of rotatable bonds is 6. The van der Waals surface area contributed by atoms with Crippen LogP contribution >= 0.6 is 0 Å². The Hall–Kier alpha value is -2.45. The maximum Gasteiger partial charge on any atom is 0.241 e. The molecule has 4 rings (SSSR count). The van der Waals surface area contributed by atoms with Gasteiger partial charge in [-0.2, -0.15) is 4.72 Å². The third-order valence-electron chi connectivity index (χ3n) is 7.32. The Bertz CT molecular complexity index is 1150. The van der Waals surface area contributed by atoms with Crippen LogP contribution in [-0.2, 0) is 19.6 Å². The van der Waals surface area contributed by atoms with Crippen molar-refractivity contribution in [1.82, 2.24) is 14.5 Å². The van der Waals surface area contributed by atoms with E-state index in [-0.39, 0.29) is 28.5 Å². The van der Waals surface area contributed by atoms with Crippen molar-refractivity contribution in [3.63, 3.8) is 0 Å². The second-order valence-corrected chi connectivity index (χ2v) is 11.9. The predicted octanol–water partition coefficient (Wildman–Crippen LogP) is 3.78. The summed E-state index contributed by atoms with van der Waals surface area (Å²) in [6.45, 7) is 6.32. The minimum atomic E-state index is -3.88. The zero-order chi connectivity index (χ0) is 25.0. The highest BCUT2D eigenvalue weighted by molar-refractivity contribution is 7.89. The van der Waals surface area contributed by atoms with E-state index in [1.165, 1.54) is 12.8 Å². The SMILES string of the molecule is CC(C)C(NS(=O)(=O)c1ccc2ccccc2c1)C(=O)N1CCC(C(=O)N2CCCCCC2)CC1. The molecule has 0 bridgehead atoms. The number of hydrogen-bond donors (Lipinski definition) is 1. The van der Waals surface area contributed by atoms with Crippen molar-refractivity contribution in [2.24, 2.45) is 11.8 Å². The molecule has 2 heterocycles. The Labute approximate surface area is 208 Å². The summed E-state index contributed by atoms with van der Waals surface area (Å²) in [4.78, 5) is 30.3.